The zero-order chi connectivity index (χ0) is 37.4. The molecule has 12 heteroatoms. The molecule has 2 aromatic heterocycles. The number of nitrogens with zero attached hydrogens (tertiary/aromatic N) is 4. The van der Waals surface area contributed by atoms with Crippen LogP contribution >= 0.6 is 23.2 Å². The van der Waals surface area contributed by atoms with Crippen LogP contribution < -0.4 is 10.1 Å². The van der Waals surface area contributed by atoms with Gasteiger partial charge in [-0.2, -0.15) is 5.26 Å². The van der Waals surface area contributed by atoms with E-state index in [1.165, 1.54) is 7.11 Å². The number of benzene rings is 3. The maximum atomic E-state index is 17.2. The summed E-state index contributed by atoms with van der Waals surface area (Å²) in [7, 11) is 1.44. The lowest BCUT2D eigenvalue weighted by Crippen LogP contribution is -2.41. The van der Waals surface area contributed by atoms with E-state index in [-0.39, 0.29) is 65.4 Å². The molecule has 0 spiro atoms. The predicted molar refractivity (Wildman–Crippen MR) is 204 cm³/mol. The second kappa shape index (κ2) is 13.8. The molecule has 5 unspecified atom stereocenters. The number of aryl methyl sites for hydroxylation is 2. The molecule has 54 heavy (non-hydrogen) atoms. The quantitative estimate of drug-likeness (QED) is 0.153. The SMILES string of the molecule is COc1cccc(COC2CC(c3cc4c(C)nc5c(F)c(-c6cccc(Cl)c6Cl)c(CCC#N)cc5c4n3C3C4CNC3C4)N(C(=O)C3CC3)C2)c1F. The van der Waals surface area contributed by atoms with Crippen LogP contribution in [0.25, 0.3) is 32.9 Å². The van der Waals surface area contributed by atoms with E-state index < -0.39 is 11.6 Å². The van der Waals surface area contributed by atoms with Crippen LogP contribution in [0.4, 0.5) is 8.78 Å². The lowest BCUT2D eigenvalue weighted by molar-refractivity contribution is -0.134. The Bertz CT molecular complexity index is 2380. The second-order valence-corrected chi connectivity index (χ2v) is 15.9. The fourth-order valence-electron chi connectivity index (χ4n) is 9.14. The van der Waals surface area contributed by atoms with Crippen LogP contribution in [0.1, 0.15) is 66.7 Å². The van der Waals surface area contributed by atoms with Crippen molar-refractivity contribution < 1.29 is 23.0 Å². The highest BCUT2D eigenvalue weighted by Crippen LogP contribution is 2.51. The first-order chi connectivity index (χ1) is 26.2. The fraction of sp³-hybridized carbons (Fsp3) is 0.405. The summed E-state index contributed by atoms with van der Waals surface area (Å²) >= 11 is 13.1. The average Bonchev–Trinajstić information content (AvgIpc) is 3.45. The number of carbonyl (C=O) groups is 1. The van der Waals surface area contributed by atoms with Gasteiger partial charge < -0.3 is 24.3 Å². The summed E-state index contributed by atoms with van der Waals surface area (Å²) in [6.45, 7) is 3.21. The van der Waals surface area contributed by atoms with Gasteiger partial charge in [-0.15, -0.1) is 0 Å². The summed E-state index contributed by atoms with van der Waals surface area (Å²) in [5.41, 5.74) is 4.52. The van der Waals surface area contributed by atoms with Gasteiger partial charge in [-0.3, -0.25) is 4.79 Å². The number of aromatic nitrogens is 2. The lowest BCUT2D eigenvalue weighted by atomic mass is 9.79. The highest BCUT2D eigenvalue weighted by Gasteiger charge is 2.51. The van der Waals surface area contributed by atoms with Crippen molar-refractivity contribution in [1.82, 2.24) is 19.8 Å². The smallest absolute Gasteiger partial charge is 0.226 e. The van der Waals surface area contributed by atoms with Crippen molar-refractivity contribution in [3.8, 4) is 22.9 Å². The van der Waals surface area contributed by atoms with Crippen molar-refractivity contribution in [3.63, 3.8) is 0 Å². The van der Waals surface area contributed by atoms with Gasteiger partial charge in [0.05, 0.1) is 53.5 Å². The van der Waals surface area contributed by atoms with Gasteiger partial charge in [0.15, 0.2) is 17.4 Å². The van der Waals surface area contributed by atoms with E-state index in [0.717, 1.165) is 42.4 Å². The molecule has 5 heterocycles. The standard InChI is InChI=1S/C42H39Cl2F2N5O3/c1-21-28-17-33(32-16-26(19-50(32)42(52)22-11-12-22)54-20-24-6-3-10-34(53-2)37(24)45)51(40-25-15-31(40)48-18-25)41(28)29-14-23(7-5-13-47)35(38(46)39(29)49-21)27-8-4-9-30(43)36(27)44/h3-4,6,8-10,14,17,22,25-26,31-32,40,48H,5,7,11-12,15-16,18-20H2,1-2H3. The van der Waals surface area contributed by atoms with Crippen molar-refractivity contribution in [2.24, 2.45) is 11.8 Å². The molecule has 3 saturated heterocycles. The van der Waals surface area contributed by atoms with Gasteiger partial charge in [-0.05, 0) is 68.4 Å². The summed E-state index contributed by atoms with van der Waals surface area (Å²) in [5, 5.41) is 15.4. The highest BCUT2D eigenvalue weighted by molar-refractivity contribution is 6.43. The van der Waals surface area contributed by atoms with Gasteiger partial charge in [0.2, 0.25) is 5.91 Å². The van der Waals surface area contributed by atoms with Crippen LogP contribution in [-0.2, 0) is 22.6 Å². The van der Waals surface area contributed by atoms with Crippen molar-refractivity contribution in [3.05, 3.63) is 92.7 Å². The number of hydrogen-bond donors (Lipinski definition) is 1. The van der Waals surface area contributed by atoms with Gasteiger partial charge in [0.25, 0.3) is 0 Å². The number of rotatable bonds is 10. The Morgan fingerprint density at radius 3 is 2.61 bits per heavy atom. The van der Waals surface area contributed by atoms with Gasteiger partial charge in [0.1, 0.15) is 5.52 Å². The minimum absolute atomic E-state index is 0.0146. The second-order valence-electron chi connectivity index (χ2n) is 15.2. The van der Waals surface area contributed by atoms with Crippen LogP contribution in [0.5, 0.6) is 5.75 Å². The summed E-state index contributed by atoms with van der Waals surface area (Å²) in [6, 6.07) is 16.5. The zero-order valence-electron chi connectivity index (χ0n) is 30.0. The molecular weight excluding hydrogens is 731 g/mol. The Kier molecular flexibility index (Phi) is 9.05. The van der Waals surface area contributed by atoms with E-state index in [1.807, 2.05) is 17.9 Å². The minimum Gasteiger partial charge on any atom is -0.494 e. The first-order valence-corrected chi connectivity index (χ1v) is 19.4. The number of amides is 1. The van der Waals surface area contributed by atoms with Crippen LogP contribution in [0.2, 0.25) is 10.0 Å². The molecule has 2 aliphatic carbocycles. The van der Waals surface area contributed by atoms with Crippen LogP contribution in [0.15, 0.2) is 48.5 Å². The number of hydrogen-bond acceptors (Lipinski definition) is 6. The molecule has 2 saturated carbocycles. The van der Waals surface area contributed by atoms with E-state index in [9.17, 15) is 10.1 Å². The van der Waals surface area contributed by atoms with E-state index in [4.69, 9.17) is 37.7 Å². The Morgan fingerprint density at radius 1 is 1.07 bits per heavy atom. The molecule has 10 rings (SSSR count). The number of likely N-dealkylation sites (tertiary alicyclic amines) is 1. The molecule has 2 bridgehead atoms. The van der Waals surface area contributed by atoms with Gasteiger partial charge in [-0.1, -0.05) is 47.5 Å². The first-order valence-electron chi connectivity index (χ1n) is 18.6. The van der Waals surface area contributed by atoms with E-state index in [0.29, 0.717) is 63.7 Å². The topological polar surface area (TPSA) is 92.4 Å². The highest BCUT2D eigenvalue weighted by atomic mass is 35.5. The molecule has 278 valence electrons. The zero-order valence-corrected chi connectivity index (χ0v) is 31.5. The van der Waals surface area contributed by atoms with Gasteiger partial charge >= 0.3 is 0 Å². The van der Waals surface area contributed by atoms with E-state index >= 15 is 8.78 Å². The number of methoxy groups -OCH3 is 1. The molecule has 1 N–H and O–H groups in total. The molecule has 5 atom stereocenters. The summed E-state index contributed by atoms with van der Waals surface area (Å²) in [6.07, 6.45) is 3.45. The molecule has 8 nitrogen and oxygen atoms in total. The molecule has 3 aliphatic heterocycles. The number of nitrogens with one attached hydrogen (secondary N) is 1. The normalized spacial score (nSPS) is 23.3. The van der Waals surface area contributed by atoms with E-state index in [1.54, 1.807) is 36.4 Å². The third-order valence-electron chi connectivity index (χ3n) is 12.0. The number of carbonyl (C=O) groups excluding carboxylic acids is 1. The molecule has 5 aliphatic rings. The largest absolute Gasteiger partial charge is 0.494 e. The molecule has 0 radical (unpaired) electrons. The summed E-state index contributed by atoms with van der Waals surface area (Å²) < 4.78 is 46.2. The Balaban J connectivity index is 1.21. The molecule has 5 fully saturated rings. The Morgan fingerprint density at radius 2 is 1.89 bits per heavy atom. The van der Waals surface area contributed by atoms with Crippen LogP contribution in [0.3, 0.4) is 0 Å². The Hall–Kier alpha value is -4.27. The number of ether oxygens (including phenoxy) is 2. The molecule has 3 aromatic carbocycles. The summed E-state index contributed by atoms with van der Waals surface area (Å²) in [5.74, 6) is -0.339. The van der Waals surface area contributed by atoms with Crippen LogP contribution in [0, 0.1) is 41.7 Å². The monoisotopic (exact) mass is 769 g/mol. The third-order valence-corrected chi connectivity index (χ3v) is 12.8. The van der Waals surface area contributed by atoms with Gasteiger partial charge in [0, 0.05) is 76.7 Å². The summed E-state index contributed by atoms with van der Waals surface area (Å²) in [4.78, 5) is 20.9. The number of fused-ring (bicyclic) bond motifs is 4. The van der Waals surface area contributed by atoms with Crippen molar-refractivity contribution in [2.45, 2.75) is 76.3 Å². The number of pyridine rings is 1. The lowest BCUT2D eigenvalue weighted by Gasteiger charge is -2.39. The predicted octanol–water partition coefficient (Wildman–Crippen LogP) is 9.02. The molecular formula is C42H39Cl2F2N5O3. The first kappa shape index (κ1) is 35.4. The van der Waals surface area contributed by atoms with Crippen LogP contribution in [-0.4, -0.2) is 52.7 Å². The van der Waals surface area contributed by atoms with Crippen molar-refractivity contribution in [2.75, 3.05) is 20.2 Å². The maximum absolute atomic E-state index is 17.2. The average molecular weight is 771 g/mol. The van der Waals surface area contributed by atoms with Gasteiger partial charge in [-0.25, -0.2) is 13.8 Å². The maximum Gasteiger partial charge on any atom is 0.226 e. The minimum atomic E-state index is -0.511. The van der Waals surface area contributed by atoms with E-state index in [2.05, 4.69) is 22.0 Å². The van der Waals surface area contributed by atoms with Crippen molar-refractivity contribution >= 4 is 50.9 Å². The van der Waals surface area contributed by atoms with Crippen molar-refractivity contribution in [1.29, 1.82) is 5.26 Å². The molecule has 1 amide bonds. The number of halogens is 4. The Labute approximate surface area is 321 Å². The fourth-order valence-corrected chi connectivity index (χ4v) is 9.53. The third kappa shape index (κ3) is 5.74. The molecule has 5 aromatic rings. The number of nitriles is 1.